The lowest BCUT2D eigenvalue weighted by Crippen LogP contribution is -2.10. The summed E-state index contributed by atoms with van der Waals surface area (Å²) < 4.78 is 0. The number of rotatable bonds is 4. The Morgan fingerprint density at radius 1 is 1.44 bits per heavy atom. The smallest absolute Gasteiger partial charge is 0.224 e. The van der Waals surface area contributed by atoms with Crippen molar-refractivity contribution >= 4 is 22.9 Å². The van der Waals surface area contributed by atoms with Crippen molar-refractivity contribution in [2.24, 2.45) is 0 Å². The highest BCUT2D eigenvalue weighted by atomic mass is 32.1. The van der Waals surface area contributed by atoms with E-state index in [9.17, 15) is 4.79 Å². The van der Waals surface area contributed by atoms with E-state index in [2.05, 4.69) is 10.3 Å². The molecular weight excluding hydrogens is 244 g/mol. The highest BCUT2D eigenvalue weighted by molar-refractivity contribution is 7.09. The standard InChI is InChI=1S/C14H16N2OS/c1-3-5-14(17)16-12-7-4-6-11(8-12)13-9-18-10(2)15-13/h4,6-9H,3,5H2,1-2H3,(H,16,17). The maximum Gasteiger partial charge on any atom is 0.224 e. The number of carbonyl (C=O) groups is 1. The van der Waals surface area contributed by atoms with Crippen LogP contribution >= 0.6 is 11.3 Å². The van der Waals surface area contributed by atoms with E-state index in [0.29, 0.717) is 6.42 Å². The lowest BCUT2D eigenvalue weighted by Gasteiger charge is -2.05. The van der Waals surface area contributed by atoms with E-state index in [1.807, 2.05) is 43.5 Å². The summed E-state index contributed by atoms with van der Waals surface area (Å²) in [7, 11) is 0. The van der Waals surface area contributed by atoms with Crippen LogP contribution in [-0.4, -0.2) is 10.9 Å². The molecule has 0 atom stereocenters. The van der Waals surface area contributed by atoms with Crippen LogP contribution in [0, 0.1) is 6.92 Å². The van der Waals surface area contributed by atoms with Crippen molar-refractivity contribution < 1.29 is 4.79 Å². The van der Waals surface area contributed by atoms with Crippen LogP contribution in [0.2, 0.25) is 0 Å². The number of hydrogen-bond acceptors (Lipinski definition) is 3. The number of benzene rings is 1. The zero-order valence-corrected chi connectivity index (χ0v) is 11.4. The fourth-order valence-corrected chi connectivity index (χ4v) is 2.32. The molecule has 4 heteroatoms. The molecule has 0 aliphatic rings. The molecule has 2 rings (SSSR count). The average Bonchev–Trinajstić information content (AvgIpc) is 2.76. The van der Waals surface area contributed by atoms with Crippen LogP contribution in [0.3, 0.4) is 0 Å². The van der Waals surface area contributed by atoms with Gasteiger partial charge in [-0.2, -0.15) is 0 Å². The summed E-state index contributed by atoms with van der Waals surface area (Å²) in [5.74, 6) is 0.0594. The van der Waals surface area contributed by atoms with Gasteiger partial charge in [0.15, 0.2) is 0 Å². The summed E-state index contributed by atoms with van der Waals surface area (Å²) in [6.07, 6.45) is 1.41. The molecule has 1 heterocycles. The van der Waals surface area contributed by atoms with Gasteiger partial charge in [-0.3, -0.25) is 4.79 Å². The molecule has 1 aromatic carbocycles. The van der Waals surface area contributed by atoms with Crippen molar-refractivity contribution in [3.8, 4) is 11.3 Å². The number of nitrogens with one attached hydrogen (secondary N) is 1. The predicted molar refractivity (Wildman–Crippen MR) is 75.8 cm³/mol. The van der Waals surface area contributed by atoms with Gasteiger partial charge in [-0.05, 0) is 25.5 Å². The number of anilines is 1. The fourth-order valence-electron chi connectivity index (χ4n) is 1.70. The van der Waals surface area contributed by atoms with Gasteiger partial charge in [-0.15, -0.1) is 11.3 Å². The maximum absolute atomic E-state index is 11.5. The van der Waals surface area contributed by atoms with Gasteiger partial charge in [-0.25, -0.2) is 4.98 Å². The summed E-state index contributed by atoms with van der Waals surface area (Å²) in [6.45, 7) is 3.98. The first kappa shape index (κ1) is 12.8. The topological polar surface area (TPSA) is 42.0 Å². The van der Waals surface area contributed by atoms with Crippen molar-refractivity contribution in [2.75, 3.05) is 5.32 Å². The van der Waals surface area contributed by atoms with Gasteiger partial charge in [0.1, 0.15) is 0 Å². The molecule has 0 aliphatic heterocycles. The quantitative estimate of drug-likeness (QED) is 0.907. The third kappa shape index (κ3) is 3.17. The van der Waals surface area contributed by atoms with E-state index in [4.69, 9.17) is 0 Å². The molecule has 3 nitrogen and oxygen atoms in total. The van der Waals surface area contributed by atoms with Crippen LogP contribution in [0.5, 0.6) is 0 Å². The monoisotopic (exact) mass is 260 g/mol. The largest absolute Gasteiger partial charge is 0.326 e. The van der Waals surface area contributed by atoms with Gasteiger partial charge in [0.05, 0.1) is 10.7 Å². The SMILES string of the molecule is CCCC(=O)Nc1cccc(-c2csc(C)n2)c1. The van der Waals surface area contributed by atoms with Crippen LogP contribution in [0.25, 0.3) is 11.3 Å². The Hall–Kier alpha value is -1.68. The van der Waals surface area contributed by atoms with Crippen LogP contribution in [0.1, 0.15) is 24.8 Å². The Kier molecular flexibility index (Phi) is 4.10. The van der Waals surface area contributed by atoms with Crippen molar-refractivity contribution in [2.45, 2.75) is 26.7 Å². The molecule has 0 fully saturated rings. The van der Waals surface area contributed by atoms with Crippen molar-refractivity contribution in [3.05, 3.63) is 34.7 Å². The van der Waals surface area contributed by atoms with Crippen LogP contribution in [0.4, 0.5) is 5.69 Å². The molecule has 0 saturated heterocycles. The summed E-state index contributed by atoms with van der Waals surface area (Å²) >= 11 is 1.63. The second-order valence-corrected chi connectivity index (χ2v) is 5.19. The first-order valence-electron chi connectivity index (χ1n) is 6.01. The second-order valence-electron chi connectivity index (χ2n) is 4.13. The zero-order valence-electron chi connectivity index (χ0n) is 10.6. The molecule has 2 aromatic rings. The molecule has 0 saturated carbocycles. The molecule has 18 heavy (non-hydrogen) atoms. The second kappa shape index (κ2) is 5.78. The molecule has 0 spiro atoms. The van der Waals surface area contributed by atoms with Gasteiger partial charge in [0, 0.05) is 23.1 Å². The number of aromatic nitrogens is 1. The summed E-state index contributed by atoms with van der Waals surface area (Å²) in [6, 6.07) is 7.80. The first-order chi connectivity index (χ1) is 8.69. The van der Waals surface area contributed by atoms with E-state index in [1.54, 1.807) is 11.3 Å². The third-order valence-corrected chi connectivity index (χ3v) is 3.31. The van der Waals surface area contributed by atoms with Crippen molar-refractivity contribution in [3.63, 3.8) is 0 Å². The Labute approximate surface area is 111 Å². The van der Waals surface area contributed by atoms with E-state index in [1.165, 1.54) is 0 Å². The molecular formula is C14H16N2OS. The minimum atomic E-state index is 0.0594. The molecule has 94 valence electrons. The summed E-state index contributed by atoms with van der Waals surface area (Å²) in [5, 5.41) is 5.97. The number of carbonyl (C=O) groups excluding carboxylic acids is 1. The van der Waals surface area contributed by atoms with Crippen LogP contribution in [0.15, 0.2) is 29.6 Å². The van der Waals surface area contributed by atoms with Crippen LogP contribution < -0.4 is 5.32 Å². The molecule has 1 amide bonds. The number of amides is 1. The van der Waals surface area contributed by atoms with Gasteiger partial charge in [-0.1, -0.05) is 19.1 Å². The molecule has 0 radical (unpaired) electrons. The zero-order chi connectivity index (χ0) is 13.0. The van der Waals surface area contributed by atoms with Gasteiger partial charge in [0.2, 0.25) is 5.91 Å². The highest BCUT2D eigenvalue weighted by Gasteiger charge is 2.05. The Bertz CT molecular complexity index is 548. The molecule has 1 aromatic heterocycles. The number of aryl methyl sites for hydroxylation is 1. The van der Waals surface area contributed by atoms with Gasteiger partial charge >= 0.3 is 0 Å². The average molecular weight is 260 g/mol. The number of hydrogen-bond donors (Lipinski definition) is 1. The van der Waals surface area contributed by atoms with E-state index in [-0.39, 0.29) is 5.91 Å². The van der Waals surface area contributed by atoms with E-state index >= 15 is 0 Å². The Morgan fingerprint density at radius 3 is 2.94 bits per heavy atom. The van der Waals surface area contributed by atoms with E-state index in [0.717, 1.165) is 28.4 Å². The third-order valence-electron chi connectivity index (χ3n) is 2.54. The number of thiazole rings is 1. The minimum Gasteiger partial charge on any atom is -0.326 e. The summed E-state index contributed by atoms with van der Waals surface area (Å²) in [5.41, 5.74) is 2.83. The predicted octanol–water partition coefficient (Wildman–Crippen LogP) is 3.86. The lowest BCUT2D eigenvalue weighted by atomic mass is 10.1. The fraction of sp³-hybridized carbons (Fsp3) is 0.286. The lowest BCUT2D eigenvalue weighted by molar-refractivity contribution is -0.116. The first-order valence-corrected chi connectivity index (χ1v) is 6.89. The van der Waals surface area contributed by atoms with Crippen LogP contribution in [-0.2, 0) is 4.79 Å². The number of nitrogens with zero attached hydrogens (tertiary/aromatic N) is 1. The highest BCUT2D eigenvalue weighted by Crippen LogP contribution is 2.24. The maximum atomic E-state index is 11.5. The molecule has 0 unspecified atom stereocenters. The van der Waals surface area contributed by atoms with E-state index < -0.39 is 0 Å². The Morgan fingerprint density at radius 2 is 2.28 bits per heavy atom. The van der Waals surface area contributed by atoms with Crippen molar-refractivity contribution in [1.29, 1.82) is 0 Å². The summed E-state index contributed by atoms with van der Waals surface area (Å²) in [4.78, 5) is 16.0. The Balaban J connectivity index is 2.17. The van der Waals surface area contributed by atoms with Crippen molar-refractivity contribution in [1.82, 2.24) is 4.98 Å². The normalized spacial score (nSPS) is 10.3. The molecule has 0 bridgehead atoms. The minimum absolute atomic E-state index is 0.0594. The van der Waals surface area contributed by atoms with Gasteiger partial charge in [0.25, 0.3) is 0 Å². The molecule has 0 aliphatic carbocycles. The van der Waals surface area contributed by atoms with Gasteiger partial charge < -0.3 is 5.32 Å². The molecule has 1 N–H and O–H groups in total.